The van der Waals surface area contributed by atoms with Crippen molar-refractivity contribution < 1.29 is 24.4 Å². The van der Waals surface area contributed by atoms with Crippen molar-refractivity contribution in [1.29, 1.82) is 0 Å². The second kappa shape index (κ2) is 5.28. The number of ether oxygens (including phenoxy) is 1. The Morgan fingerprint density at radius 2 is 2.00 bits per heavy atom. The van der Waals surface area contributed by atoms with Crippen LogP contribution in [0.15, 0.2) is 9.59 Å². The highest BCUT2D eigenvalue weighted by Crippen LogP contribution is 2.28. The van der Waals surface area contributed by atoms with Crippen LogP contribution in [0, 0.1) is 9.52 Å². The molecule has 0 spiro atoms. The predicted octanol–water partition coefficient (Wildman–Crippen LogP) is -2.11. The molecule has 1 fully saturated rings. The highest BCUT2D eigenvalue weighted by molar-refractivity contribution is 14.1. The maximum Gasteiger partial charge on any atom is 0.332 e. The first kappa shape index (κ1) is 14.6. The van der Waals surface area contributed by atoms with Crippen LogP contribution in [0.25, 0.3) is 0 Å². The Hall–Kier alpha value is -0.820. The molecule has 1 aromatic rings. The van der Waals surface area contributed by atoms with E-state index in [4.69, 9.17) is 9.84 Å². The summed E-state index contributed by atoms with van der Waals surface area (Å²) in [6.07, 6.45) is -5.74. The van der Waals surface area contributed by atoms with E-state index in [0.717, 1.165) is 0 Å². The molecular weight excluding hydrogens is 378 g/mol. The molecule has 4 atom stereocenters. The van der Waals surface area contributed by atoms with Crippen molar-refractivity contribution in [2.75, 3.05) is 6.61 Å². The number of aliphatic hydroxyl groups is 3. The Morgan fingerprint density at radius 1 is 1.37 bits per heavy atom. The van der Waals surface area contributed by atoms with Gasteiger partial charge in [-0.3, -0.25) is 9.78 Å². The van der Waals surface area contributed by atoms with E-state index in [0.29, 0.717) is 4.57 Å². The van der Waals surface area contributed by atoms with E-state index < -0.39 is 48.3 Å². The third-order valence-corrected chi connectivity index (χ3v) is 3.74. The second-order valence-electron chi connectivity index (χ2n) is 3.96. The van der Waals surface area contributed by atoms with E-state index in [-0.39, 0.29) is 3.57 Å². The molecule has 0 aliphatic carbocycles. The number of aromatic nitrogens is 2. The van der Waals surface area contributed by atoms with Gasteiger partial charge in [-0.1, -0.05) is 0 Å². The summed E-state index contributed by atoms with van der Waals surface area (Å²) in [5, 5.41) is 28.2. The van der Waals surface area contributed by atoms with Gasteiger partial charge in [0.05, 0.1) is 6.61 Å². The van der Waals surface area contributed by atoms with Gasteiger partial charge >= 0.3 is 5.69 Å². The van der Waals surface area contributed by atoms with E-state index in [9.17, 15) is 24.2 Å². The number of aromatic amines is 1. The standard InChI is InChI=1S/C9H10FIN2O6/c10-6-3(11)7(17)12-9(18)13(6)8-5(16)4(15)2(1-14)19-8/h2,4-5,8,14-16H,1H2,(H,12,17,18)/t2-,4-,5+,8?/m1/s1. The van der Waals surface area contributed by atoms with Crippen molar-refractivity contribution in [3.63, 3.8) is 0 Å². The van der Waals surface area contributed by atoms with Gasteiger partial charge in [-0.05, 0) is 22.6 Å². The third-order valence-electron chi connectivity index (χ3n) is 2.80. The molecule has 0 saturated carbocycles. The monoisotopic (exact) mass is 388 g/mol. The molecule has 10 heteroatoms. The van der Waals surface area contributed by atoms with Crippen molar-refractivity contribution in [3.8, 4) is 0 Å². The molecule has 1 saturated heterocycles. The largest absolute Gasteiger partial charge is 0.394 e. The van der Waals surface area contributed by atoms with Crippen LogP contribution in [0.4, 0.5) is 4.39 Å². The maximum absolute atomic E-state index is 13.9. The van der Waals surface area contributed by atoms with Gasteiger partial charge in [-0.2, -0.15) is 4.39 Å². The third kappa shape index (κ3) is 2.33. The second-order valence-corrected chi connectivity index (χ2v) is 5.04. The van der Waals surface area contributed by atoms with Crippen LogP contribution in [-0.2, 0) is 4.74 Å². The summed E-state index contributed by atoms with van der Waals surface area (Å²) >= 11 is 1.40. The van der Waals surface area contributed by atoms with Gasteiger partial charge in [0, 0.05) is 0 Å². The minimum absolute atomic E-state index is 0.380. The van der Waals surface area contributed by atoms with Crippen LogP contribution in [-0.4, -0.2) is 49.8 Å². The fourth-order valence-electron chi connectivity index (χ4n) is 1.82. The summed E-state index contributed by atoms with van der Waals surface area (Å²) in [4.78, 5) is 24.6. The molecule has 1 aromatic heterocycles. The Balaban J connectivity index is 2.52. The van der Waals surface area contributed by atoms with Crippen molar-refractivity contribution in [2.24, 2.45) is 0 Å². The summed E-state index contributed by atoms with van der Waals surface area (Å²) < 4.78 is 18.9. The number of rotatable bonds is 2. The molecule has 0 radical (unpaired) electrons. The highest BCUT2D eigenvalue weighted by Gasteiger charge is 2.44. The maximum atomic E-state index is 13.9. The minimum atomic E-state index is -1.61. The quantitative estimate of drug-likeness (QED) is 0.340. The normalized spacial score (nSPS) is 30.8. The number of halogens is 2. The molecule has 1 aliphatic rings. The van der Waals surface area contributed by atoms with Crippen molar-refractivity contribution in [1.82, 2.24) is 9.55 Å². The summed E-state index contributed by atoms with van der Waals surface area (Å²) in [5.74, 6) is -1.18. The van der Waals surface area contributed by atoms with Gasteiger partial charge in [0.15, 0.2) is 6.23 Å². The fraction of sp³-hybridized carbons (Fsp3) is 0.556. The zero-order chi connectivity index (χ0) is 14.3. The smallest absolute Gasteiger partial charge is 0.332 e. The van der Waals surface area contributed by atoms with E-state index in [1.807, 2.05) is 4.98 Å². The molecule has 8 nitrogen and oxygen atoms in total. The lowest BCUT2D eigenvalue weighted by Crippen LogP contribution is -2.41. The fourth-order valence-corrected chi connectivity index (χ4v) is 2.22. The van der Waals surface area contributed by atoms with E-state index >= 15 is 0 Å². The lowest BCUT2D eigenvalue weighted by Gasteiger charge is -2.18. The topological polar surface area (TPSA) is 125 Å². The molecule has 106 valence electrons. The molecule has 1 aliphatic heterocycles. The van der Waals surface area contributed by atoms with Crippen molar-refractivity contribution >= 4 is 22.6 Å². The lowest BCUT2D eigenvalue weighted by atomic mass is 10.1. The Kier molecular flexibility index (Phi) is 4.06. The molecule has 2 heterocycles. The average Bonchev–Trinajstić information content (AvgIpc) is 2.64. The average molecular weight is 388 g/mol. The summed E-state index contributed by atoms with van der Waals surface area (Å²) in [6.45, 7) is -0.606. The number of H-pyrrole nitrogens is 1. The zero-order valence-electron chi connectivity index (χ0n) is 9.29. The molecule has 0 amide bonds. The van der Waals surface area contributed by atoms with E-state index in [1.165, 1.54) is 22.6 Å². The first-order valence-corrected chi connectivity index (χ1v) is 6.28. The molecular formula is C9H10FIN2O6. The summed E-state index contributed by atoms with van der Waals surface area (Å²) in [6, 6.07) is 0. The number of nitrogens with one attached hydrogen (secondary N) is 1. The Labute approximate surface area is 118 Å². The molecule has 1 unspecified atom stereocenters. The van der Waals surface area contributed by atoms with Crippen LogP contribution >= 0.6 is 22.6 Å². The van der Waals surface area contributed by atoms with Crippen molar-refractivity contribution in [3.05, 3.63) is 30.4 Å². The Bertz CT molecular complexity index is 601. The number of aliphatic hydroxyl groups excluding tert-OH is 3. The molecule has 4 N–H and O–H groups in total. The van der Waals surface area contributed by atoms with Gasteiger partial charge in [0.25, 0.3) is 5.56 Å². The molecule has 0 bridgehead atoms. The molecule has 19 heavy (non-hydrogen) atoms. The van der Waals surface area contributed by atoms with Crippen LogP contribution in [0.5, 0.6) is 0 Å². The summed E-state index contributed by atoms with van der Waals surface area (Å²) in [5.41, 5.74) is -2.01. The van der Waals surface area contributed by atoms with E-state index in [1.54, 1.807) is 0 Å². The first-order chi connectivity index (χ1) is 8.88. The van der Waals surface area contributed by atoms with Crippen LogP contribution in [0.2, 0.25) is 0 Å². The number of nitrogens with zero attached hydrogens (tertiary/aromatic N) is 1. The van der Waals surface area contributed by atoms with Gasteiger partial charge in [0.2, 0.25) is 5.95 Å². The first-order valence-electron chi connectivity index (χ1n) is 5.20. The SMILES string of the molecule is O=c1[nH]c(=O)n(C2O[C@H](CO)[C@@H](O)[C@@H]2O)c(F)c1I. The van der Waals surface area contributed by atoms with Gasteiger partial charge in [0.1, 0.15) is 21.9 Å². The lowest BCUT2D eigenvalue weighted by molar-refractivity contribution is -0.0602. The summed E-state index contributed by atoms with van der Waals surface area (Å²) in [7, 11) is 0. The van der Waals surface area contributed by atoms with E-state index in [2.05, 4.69) is 0 Å². The Morgan fingerprint density at radius 3 is 2.53 bits per heavy atom. The molecule has 2 rings (SSSR count). The van der Waals surface area contributed by atoms with Crippen LogP contribution < -0.4 is 11.2 Å². The highest BCUT2D eigenvalue weighted by atomic mass is 127. The zero-order valence-corrected chi connectivity index (χ0v) is 11.4. The number of hydrogen-bond donors (Lipinski definition) is 4. The minimum Gasteiger partial charge on any atom is -0.394 e. The van der Waals surface area contributed by atoms with Gasteiger partial charge in [-0.25, -0.2) is 9.36 Å². The van der Waals surface area contributed by atoms with Crippen LogP contribution in [0.1, 0.15) is 6.23 Å². The molecule has 0 aromatic carbocycles. The van der Waals surface area contributed by atoms with Gasteiger partial charge in [-0.15, -0.1) is 0 Å². The van der Waals surface area contributed by atoms with Crippen LogP contribution in [0.3, 0.4) is 0 Å². The van der Waals surface area contributed by atoms with Gasteiger partial charge < -0.3 is 20.1 Å². The van der Waals surface area contributed by atoms with Crippen molar-refractivity contribution in [2.45, 2.75) is 24.5 Å². The number of hydrogen-bond acceptors (Lipinski definition) is 6. The predicted molar refractivity (Wildman–Crippen MR) is 67.0 cm³/mol.